The first-order chi connectivity index (χ1) is 7.75. The van der Waals surface area contributed by atoms with Gasteiger partial charge in [-0.2, -0.15) is 0 Å². The van der Waals surface area contributed by atoms with Crippen molar-refractivity contribution in [1.82, 2.24) is 0 Å². The van der Waals surface area contributed by atoms with Gasteiger partial charge in [-0.1, -0.05) is 24.3 Å². The van der Waals surface area contributed by atoms with Gasteiger partial charge in [-0.3, -0.25) is 0 Å². The first kappa shape index (κ1) is 11.6. The van der Waals surface area contributed by atoms with Crippen LogP contribution in [0.5, 0.6) is 0 Å². The zero-order valence-electron chi connectivity index (χ0n) is 8.69. The predicted octanol–water partition coefficient (Wildman–Crippen LogP) is 4.32. The molecule has 0 saturated carbocycles. The average Bonchev–Trinajstić information content (AvgIpc) is 2.28. The molecule has 0 aliphatic rings. The summed E-state index contributed by atoms with van der Waals surface area (Å²) in [4.78, 5) is 1.25. The Hall–Kier alpha value is -0.930. The molecule has 0 aliphatic heterocycles. The molecule has 3 heteroatoms. The highest BCUT2D eigenvalue weighted by molar-refractivity contribution is 9.10. The Bertz CT molecular complexity index is 485. The molecule has 0 fully saturated rings. The van der Waals surface area contributed by atoms with Crippen LogP contribution in [0, 0.1) is 0 Å². The quantitative estimate of drug-likeness (QED) is 0.674. The Kier molecular flexibility index (Phi) is 3.91. The number of thioether (sulfide) groups is 1. The van der Waals surface area contributed by atoms with Crippen molar-refractivity contribution in [3.8, 4) is 0 Å². The maximum absolute atomic E-state index is 5.74. The van der Waals surface area contributed by atoms with Crippen molar-refractivity contribution in [3.05, 3.63) is 58.6 Å². The van der Waals surface area contributed by atoms with Gasteiger partial charge >= 0.3 is 0 Å². The first-order valence-electron chi connectivity index (χ1n) is 4.97. The minimum absolute atomic E-state index is 0.824. The topological polar surface area (TPSA) is 26.0 Å². The molecule has 1 nitrogen and oxygen atoms in total. The van der Waals surface area contributed by atoms with E-state index in [-0.39, 0.29) is 0 Å². The van der Waals surface area contributed by atoms with Crippen LogP contribution in [0.3, 0.4) is 0 Å². The van der Waals surface area contributed by atoms with E-state index in [0.717, 1.165) is 15.9 Å². The van der Waals surface area contributed by atoms with E-state index < -0.39 is 0 Å². The average molecular weight is 294 g/mol. The summed E-state index contributed by atoms with van der Waals surface area (Å²) in [6, 6.07) is 16.3. The molecule has 2 rings (SSSR count). The van der Waals surface area contributed by atoms with Crippen molar-refractivity contribution in [3.63, 3.8) is 0 Å². The maximum Gasteiger partial charge on any atom is 0.0317 e. The fraction of sp³-hybridized carbons (Fsp3) is 0.0769. The highest BCUT2D eigenvalue weighted by atomic mass is 79.9. The minimum Gasteiger partial charge on any atom is -0.399 e. The van der Waals surface area contributed by atoms with Crippen LogP contribution < -0.4 is 5.73 Å². The molecule has 0 aliphatic carbocycles. The minimum atomic E-state index is 0.824. The van der Waals surface area contributed by atoms with E-state index in [1.54, 1.807) is 11.8 Å². The van der Waals surface area contributed by atoms with E-state index in [2.05, 4.69) is 34.1 Å². The molecule has 0 amide bonds. The predicted molar refractivity (Wildman–Crippen MR) is 74.6 cm³/mol. The molecule has 0 aromatic heterocycles. The molecule has 0 bridgehead atoms. The smallest absolute Gasteiger partial charge is 0.0317 e. The number of benzene rings is 2. The Morgan fingerprint density at radius 1 is 1.06 bits per heavy atom. The Morgan fingerprint density at radius 2 is 1.88 bits per heavy atom. The van der Waals surface area contributed by atoms with E-state index in [0.29, 0.717) is 0 Å². The number of halogens is 1. The zero-order chi connectivity index (χ0) is 11.4. The fourth-order valence-corrected chi connectivity index (χ4v) is 2.92. The van der Waals surface area contributed by atoms with Crippen LogP contribution in [0.1, 0.15) is 5.56 Å². The van der Waals surface area contributed by atoms with Gasteiger partial charge in [0.25, 0.3) is 0 Å². The summed E-state index contributed by atoms with van der Waals surface area (Å²) < 4.78 is 1.14. The van der Waals surface area contributed by atoms with E-state index >= 15 is 0 Å². The van der Waals surface area contributed by atoms with Crippen LogP contribution in [0.15, 0.2) is 57.9 Å². The second-order valence-corrected chi connectivity index (χ2v) is 5.34. The summed E-state index contributed by atoms with van der Waals surface area (Å²) >= 11 is 5.35. The molecule has 2 aromatic carbocycles. The van der Waals surface area contributed by atoms with Crippen molar-refractivity contribution >= 4 is 33.4 Å². The van der Waals surface area contributed by atoms with Crippen molar-refractivity contribution in [1.29, 1.82) is 0 Å². The second kappa shape index (κ2) is 5.41. The van der Waals surface area contributed by atoms with Crippen molar-refractivity contribution in [2.75, 3.05) is 5.73 Å². The summed E-state index contributed by atoms with van der Waals surface area (Å²) in [5, 5.41) is 0. The van der Waals surface area contributed by atoms with Gasteiger partial charge in [0.15, 0.2) is 0 Å². The Balaban J connectivity index is 2.05. The lowest BCUT2D eigenvalue weighted by Crippen LogP contribution is -1.87. The summed E-state index contributed by atoms with van der Waals surface area (Å²) in [6.45, 7) is 0. The van der Waals surface area contributed by atoms with Crippen LogP contribution in [0.25, 0.3) is 0 Å². The van der Waals surface area contributed by atoms with Gasteiger partial charge in [-0.05, 0) is 45.8 Å². The van der Waals surface area contributed by atoms with Crippen molar-refractivity contribution < 1.29 is 0 Å². The van der Waals surface area contributed by atoms with Gasteiger partial charge in [0, 0.05) is 20.8 Å². The van der Waals surface area contributed by atoms with Gasteiger partial charge in [0.05, 0.1) is 0 Å². The summed E-state index contributed by atoms with van der Waals surface area (Å²) in [6.07, 6.45) is 0. The number of nitrogen functional groups attached to an aromatic ring is 1. The van der Waals surface area contributed by atoms with Crippen LogP contribution in [0.2, 0.25) is 0 Å². The number of rotatable bonds is 3. The molecule has 2 aromatic rings. The normalized spacial score (nSPS) is 10.3. The van der Waals surface area contributed by atoms with Gasteiger partial charge in [-0.15, -0.1) is 11.8 Å². The monoisotopic (exact) mass is 293 g/mol. The molecule has 0 heterocycles. The van der Waals surface area contributed by atoms with Crippen molar-refractivity contribution in [2.24, 2.45) is 0 Å². The van der Waals surface area contributed by atoms with Crippen LogP contribution >= 0.6 is 27.7 Å². The first-order valence-corrected chi connectivity index (χ1v) is 6.75. The molecular weight excluding hydrogens is 282 g/mol. The lowest BCUT2D eigenvalue weighted by atomic mass is 10.2. The summed E-state index contributed by atoms with van der Waals surface area (Å²) in [7, 11) is 0. The SMILES string of the molecule is Nc1cccc(CSc2ccccc2Br)c1. The molecule has 0 atom stereocenters. The zero-order valence-corrected chi connectivity index (χ0v) is 11.1. The molecular formula is C13H12BrNS. The highest BCUT2D eigenvalue weighted by Gasteiger charge is 2.00. The van der Waals surface area contributed by atoms with Crippen LogP contribution in [-0.4, -0.2) is 0 Å². The second-order valence-electron chi connectivity index (χ2n) is 3.46. The lowest BCUT2D eigenvalue weighted by molar-refractivity contribution is 1.36. The van der Waals surface area contributed by atoms with Gasteiger partial charge < -0.3 is 5.73 Å². The molecule has 82 valence electrons. The molecule has 0 radical (unpaired) electrons. The third-order valence-corrected chi connectivity index (χ3v) is 4.28. The number of anilines is 1. The van der Waals surface area contributed by atoms with E-state index in [1.165, 1.54) is 10.5 Å². The van der Waals surface area contributed by atoms with Crippen molar-refractivity contribution in [2.45, 2.75) is 10.6 Å². The van der Waals surface area contributed by atoms with E-state index in [1.807, 2.05) is 30.3 Å². The number of nitrogens with two attached hydrogens (primary N) is 1. The summed E-state index contributed by atoms with van der Waals surface area (Å²) in [5.74, 6) is 0.938. The van der Waals surface area contributed by atoms with Crippen LogP contribution in [-0.2, 0) is 5.75 Å². The maximum atomic E-state index is 5.74. The Labute approximate surface area is 108 Å². The van der Waals surface area contributed by atoms with Crippen LogP contribution in [0.4, 0.5) is 5.69 Å². The summed E-state index contributed by atoms with van der Waals surface area (Å²) in [5.41, 5.74) is 7.81. The molecule has 0 saturated heterocycles. The van der Waals surface area contributed by atoms with E-state index in [4.69, 9.17) is 5.73 Å². The third-order valence-electron chi connectivity index (χ3n) is 2.18. The largest absolute Gasteiger partial charge is 0.399 e. The molecule has 2 N–H and O–H groups in total. The van der Waals surface area contributed by atoms with Gasteiger partial charge in [-0.25, -0.2) is 0 Å². The van der Waals surface area contributed by atoms with Gasteiger partial charge in [0.2, 0.25) is 0 Å². The molecule has 16 heavy (non-hydrogen) atoms. The lowest BCUT2D eigenvalue weighted by Gasteiger charge is -2.04. The number of hydrogen-bond acceptors (Lipinski definition) is 2. The van der Waals surface area contributed by atoms with Gasteiger partial charge in [0.1, 0.15) is 0 Å². The number of hydrogen-bond donors (Lipinski definition) is 1. The standard InChI is InChI=1S/C13H12BrNS/c14-12-6-1-2-7-13(12)16-9-10-4-3-5-11(15)8-10/h1-8H,9,15H2. The highest BCUT2D eigenvalue weighted by Crippen LogP contribution is 2.29. The molecule has 0 spiro atoms. The van der Waals surface area contributed by atoms with E-state index in [9.17, 15) is 0 Å². The Morgan fingerprint density at radius 3 is 2.62 bits per heavy atom. The third kappa shape index (κ3) is 3.03. The fourth-order valence-electron chi connectivity index (χ4n) is 1.41. The molecule has 0 unspecified atom stereocenters.